The van der Waals surface area contributed by atoms with E-state index in [4.69, 9.17) is 0 Å². The van der Waals surface area contributed by atoms with E-state index in [2.05, 4.69) is 5.32 Å². The van der Waals surface area contributed by atoms with Crippen molar-refractivity contribution in [2.75, 3.05) is 19.6 Å². The van der Waals surface area contributed by atoms with Crippen LogP contribution in [0.3, 0.4) is 0 Å². The molecule has 0 radical (unpaired) electrons. The molecule has 1 aromatic heterocycles. The van der Waals surface area contributed by atoms with Crippen LogP contribution in [0.25, 0.3) is 0 Å². The first-order valence-corrected chi connectivity index (χ1v) is 7.23. The molecule has 0 saturated carbocycles. The highest BCUT2D eigenvalue weighted by atomic mass is 32.1. The van der Waals surface area contributed by atoms with Gasteiger partial charge in [-0.05, 0) is 37.3 Å². The van der Waals surface area contributed by atoms with Gasteiger partial charge in [0.15, 0.2) is 0 Å². The Hall–Kier alpha value is -1.36. The summed E-state index contributed by atoms with van der Waals surface area (Å²) in [4.78, 5) is 27.4. The van der Waals surface area contributed by atoms with Crippen LogP contribution < -0.4 is 5.32 Å². The van der Waals surface area contributed by atoms with Crippen molar-refractivity contribution in [2.24, 2.45) is 0 Å². The minimum atomic E-state index is -0.0593. The lowest BCUT2D eigenvalue weighted by molar-refractivity contribution is -0.123. The molecule has 2 amide bonds. The first kappa shape index (κ1) is 11.7. The van der Waals surface area contributed by atoms with Gasteiger partial charge in [-0.25, -0.2) is 0 Å². The van der Waals surface area contributed by atoms with Gasteiger partial charge in [-0.15, -0.1) is 11.3 Å². The molecule has 0 aromatic carbocycles. The molecule has 0 unspecified atom stereocenters. The maximum atomic E-state index is 12.3. The highest BCUT2D eigenvalue weighted by Gasteiger charge is 2.25. The topological polar surface area (TPSA) is 49.4 Å². The molecule has 96 valence electrons. The average Bonchev–Trinajstić information content (AvgIpc) is 2.81. The molecule has 1 fully saturated rings. The van der Waals surface area contributed by atoms with E-state index in [-0.39, 0.29) is 18.4 Å². The predicted octanol–water partition coefficient (Wildman–Crippen LogP) is 1.20. The van der Waals surface area contributed by atoms with Crippen LogP contribution in [0.4, 0.5) is 0 Å². The molecule has 2 heterocycles. The maximum absolute atomic E-state index is 12.3. The Morgan fingerprint density at radius 1 is 1.33 bits per heavy atom. The largest absolute Gasteiger partial charge is 0.353 e. The van der Waals surface area contributed by atoms with Crippen LogP contribution >= 0.6 is 11.3 Å². The third-order valence-corrected chi connectivity index (χ3v) is 4.76. The molecule has 1 N–H and O–H groups in total. The predicted molar refractivity (Wildman–Crippen MR) is 69.9 cm³/mol. The molecule has 4 nitrogen and oxygen atoms in total. The van der Waals surface area contributed by atoms with Gasteiger partial charge < -0.3 is 10.2 Å². The zero-order valence-electron chi connectivity index (χ0n) is 10.2. The summed E-state index contributed by atoms with van der Waals surface area (Å²) < 4.78 is 0. The average molecular weight is 264 g/mol. The van der Waals surface area contributed by atoms with Crippen molar-refractivity contribution in [3.05, 3.63) is 21.4 Å². The van der Waals surface area contributed by atoms with E-state index in [1.165, 1.54) is 23.3 Å². The highest BCUT2D eigenvalue weighted by Crippen LogP contribution is 2.30. The van der Waals surface area contributed by atoms with Gasteiger partial charge >= 0.3 is 0 Å². The Labute approximate surface area is 110 Å². The van der Waals surface area contributed by atoms with E-state index >= 15 is 0 Å². The van der Waals surface area contributed by atoms with Crippen LogP contribution in [0.15, 0.2) is 6.07 Å². The van der Waals surface area contributed by atoms with Crippen molar-refractivity contribution in [2.45, 2.75) is 25.7 Å². The standard InChI is InChI=1S/C13H16N2O2S/c16-12-8-15(6-5-14-12)13(17)11-7-9-3-1-2-4-10(9)18-11/h7H,1-6,8H2,(H,14,16). The van der Waals surface area contributed by atoms with E-state index in [0.717, 1.165) is 17.7 Å². The van der Waals surface area contributed by atoms with E-state index < -0.39 is 0 Å². The molecule has 0 spiro atoms. The molecule has 1 aliphatic heterocycles. The minimum absolute atomic E-state index is 0.0178. The fourth-order valence-corrected chi connectivity index (χ4v) is 3.79. The second-order valence-corrected chi connectivity index (χ2v) is 5.98. The number of hydrogen-bond acceptors (Lipinski definition) is 3. The molecule has 1 saturated heterocycles. The Morgan fingerprint density at radius 3 is 2.94 bits per heavy atom. The van der Waals surface area contributed by atoms with Crippen LogP contribution in [0.5, 0.6) is 0 Å². The Kier molecular flexibility index (Phi) is 3.07. The number of amides is 2. The fraction of sp³-hybridized carbons (Fsp3) is 0.538. The molecular formula is C13H16N2O2S. The zero-order valence-corrected chi connectivity index (χ0v) is 11.0. The van der Waals surface area contributed by atoms with E-state index in [1.807, 2.05) is 6.07 Å². The van der Waals surface area contributed by atoms with Crippen molar-refractivity contribution in [1.82, 2.24) is 10.2 Å². The van der Waals surface area contributed by atoms with Crippen molar-refractivity contribution >= 4 is 23.2 Å². The quantitative estimate of drug-likeness (QED) is 0.828. The van der Waals surface area contributed by atoms with Crippen LogP contribution in [0, 0.1) is 0 Å². The van der Waals surface area contributed by atoms with Crippen molar-refractivity contribution < 1.29 is 9.59 Å². The molecular weight excluding hydrogens is 248 g/mol. The molecule has 3 rings (SSSR count). The SMILES string of the molecule is O=C1CN(C(=O)c2cc3c(s2)CCCC3)CCN1. The van der Waals surface area contributed by atoms with Crippen molar-refractivity contribution in [3.8, 4) is 0 Å². The van der Waals surface area contributed by atoms with E-state index in [1.54, 1.807) is 16.2 Å². The first-order chi connectivity index (χ1) is 8.74. The minimum Gasteiger partial charge on any atom is -0.353 e. The summed E-state index contributed by atoms with van der Waals surface area (Å²) in [5.41, 5.74) is 1.34. The fourth-order valence-electron chi connectivity index (χ4n) is 2.56. The summed E-state index contributed by atoms with van der Waals surface area (Å²) in [5, 5.41) is 2.74. The monoisotopic (exact) mass is 264 g/mol. The number of hydrogen-bond donors (Lipinski definition) is 1. The molecule has 5 heteroatoms. The molecule has 0 bridgehead atoms. The molecule has 1 aliphatic carbocycles. The summed E-state index contributed by atoms with van der Waals surface area (Å²) in [5.74, 6) is -0.0415. The Morgan fingerprint density at radius 2 is 2.17 bits per heavy atom. The molecule has 1 aromatic rings. The van der Waals surface area contributed by atoms with E-state index in [9.17, 15) is 9.59 Å². The summed E-state index contributed by atoms with van der Waals surface area (Å²) in [7, 11) is 0. The Balaban J connectivity index is 1.79. The summed E-state index contributed by atoms with van der Waals surface area (Å²) in [6.07, 6.45) is 4.66. The van der Waals surface area contributed by atoms with Crippen LogP contribution in [-0.4, -0.2) is 36.3 Å². The number of piperazine rings is 1. The number of carbonyl (C=O) groups is 2. The number of nitrogens with one attached hydrogen (secondary N) is 1. The number of nitrogens with zero attached hydrogens (tertiary/aromatic N) is 1. The highest BCUT2D eigenvalue weighted by molar-refractivity contribution is 7.14. The molecule has 2 aliphatic rings. The molecule has 0 atom stereocenters. The normalized spacial score (nSPS) is 19.3. The van der Waals surface area contributed by atoms with Gasteiger partial charge in [0.05, 0.1) is 11.4 Å². The second kappa shape index (κ2) is 4.72. The molecule has 18 heavy (non-hydrogen) atoms. The second-order valence-electron chi connectivity index (χ2n) is 4.84. The first-order valence-electron chi connectivity index (χ1n) is 6.41. The van der Waals surface area contributed by atoms with Crippen LogP contribution in [-0.2, 0) is 17.6 Å². The lowest BCUT2D eigenvalue weighted by Crippen LogP contribution is -2.49. The number of fused-ring (bicyclic) bond motifs is 1. The van der Waals surface area contributed by atoms with Crippen LogP contribution in [0.2, 0.25) is 0 Å². The van der Waals surface area contributed by atoms with Gasteiger partial charge in [0, 0.05) is 18.0 Å². The lowest BCUT2D eigenvalue weighted by atomic mass is 9.99. The summed E-state index contributed by atoms with van der Waals surface area (Å²) in [6, 6.07) is 2.04. The smallest absolute Gasteiger partial charge is 0.264 e. The number of rotatable bonds is 1. The maximum Gasteiger partial charge on any atom is 0.264 e. The Bertz CT molecular complexity index is 472. The summed E-state index contributed by atoms with van der Waals surface area (Å²) in [6.45, 7) is 1.38. The van der Waals surface area contributed by atoms with Crippen molar-refractivity contribution in [3.63, 3.8) is 0 Å². The third kappa shape index (κ3) is 2.14. The van der Waals surface area contributed by atoms with Crippen molar-refractivity contribution in [1.29, 1.82) is 0 Å². The van der Waals surface area contributed by atoms with Gasteiger partial charge in [-0.3, -0.25) is 9.59 Å². The van der Waals surface area contributed by atoms with Gasteiger partial charge in [0.25, 0.3) is 5.91 Å². The van der Waals surface area contributed by atoms with E-state index in [0.29, 0.717) is 13.1 Å². The number of carbonyl (C=O) groups excluding carboxylic acids is 2. The third-order valence-electron chi connectivity index (χ3n) is 3.53. The zero-order chi connectivity index (χ0) is 12.5. The number of aryl methyl sites for hydroxylation is 2. The van der Waals surface area contributed by atoms with Gasteiger partial charge in [0.1, 0.15) is 0 Å². The summed E-state index contributed by atoms with van der Waals surface area (Å²) >= 11 is 1.62. The van der Waals surface area contributed by atoms with Gasteiger partial charge in [0.2, 0.25) is 5.91 Å². The van der Waals surface area contributed by atoms with Gasteiger partial charge in [-0.1, -0.05) is 0 Å². The van der Waals surface area contributed by atoms with Gasteiger partial charge in [-0.2, -0.15) is 0 Å². The lowest BCUT2D eigenvalue weighted by Gasteiger charge is -2.26. The number of thiophene rings is 1. The van der Waals surface area contributed by atoms with Crippen LogP contribution in [0.1, 0.15) is 33.0 Å².